The quantitative estimate of drug-likeness (QED) is 0.878. The second-order valence-electron chi connectivity index (χ2n) is 4.05. The van der Waals surface area contributed by atoms with Crippen molar-refractivity contribution in [2.24, 2.45) is 0 Å². The van der Waals surface area contributed by atoms with Gasteiger partial charge in [-0.15, -0.1) is 0 Å². The van der Waals surface area contributed by atoms with E-state index >= 15 is 0 Å². The molecule has 0 saturated carbocycles. The van der Waals surface area contributed by atoms with E-state index in [4.69, 9.17) is 11.6 Å². The maximum absolute atomic E-state index is 11.7. The van der Waals surface area contributed by atoms with Gasteiger partial charge in [-0.25, -0.2) is 0 Å². The van der Waals surface area contributed by atoms with Crippen LogP contribution in [0, 0.1) is 0 Å². The molecule has 0 atom stereocenters. The molecule has 0 bridgehead atoms. The van der Waals surface area contributed by atoms with Crippen LogP contribution in [-0.2, 0) is 11.3 Å². The van der Waals surface area contributed by atoms with Crippen molar-refractivity contribution in [3.8, 4) is 0 Å². The molecular formula is C14H15ClN2O. The lowest BCUT2D eigenvalue weighted by atomic mass is 10.2. The van der Waals surface area contributed by atoms with Crippen LogP contribution in [-0.4, -0.2) is 10.5 Å². The normalized spacial score (nSPS) is 10.3. The number of aryl methyl sites for hydroxylation is 1. The Morgan fingerprint density at radius 2 is 1.89 bits per heavy atom. The average molecular weight is 263 g/mol. The van der Waals surface area contributed by atoms with Gasteiger partial charge in [-0.3, -0.25) is 4.79 Å². The monoisotopic (exact) mass is 262 g/mol. The van der Waals surface area contributed by atoms with Crippen LogP contribution in [0.5, 0.6) is 0 Å². The summed E-state index contributed by atoms with van der Waals surface area (Å²) >= 11 is 5.96. The van der Waals surface area contributed by atoms with E-state index in [1.165, 1.54) is 0 Å². The van der Waals surface area contributed by atoms with E-state index < -0.39 is 0 Å². The van der Waals surface area contributed by atoms with Gasteiger partial charge in [0.1, 0.15) is 0 Å². The SMILES string of the molecule is O=C(CCCn1cccc1)Nc1ccccc1Cl. The van der Waals surface area contributed by atoms with E-state index in [0.29, 0.717) is 17.1 Å². The van der Waals surface area contributed by atoms with Crippen molar-refractivity contribution in [1.82, 2.24) is 4.57 Å². The van der Waals surface area contributed by atoms with Crippen LogP contribution in [0.1, 0.15) is 12.8 Å². The number of nitrogens with zero attached hydrogens (tertiary/aromatic N) is 1. The topological polar surface area (TPSA) is 34.0 Å². The minimum Gasteiger partial charge on any atom is -0.354 e. The molecule has 1 amide bonds. The predicted octanol–water partition coefficient (Wildman–Crippen LogP) is 3.56. The number of carbonyl (C=O) groups excluding carboxylic acids is 1. The maximum atomic E-state index is 11.7. The predicted molar refractivity (Wildman–Crippen MR) is 73.7 cm³/mol. The van der Waals surface area contributed by atoms with Crippen molar-refractivity contribution < 1.29 is 4.79 Å². The number of hydrogen-bond acceptors (Lipinski definition) is 1. The van der Waals surface area contributed by atoms with Crippen LogP contribution in [0.3, 0.4) is 0 Å². The zero-order chi connectivity index (χ0) is 12.8. The van der Waals surface area contributed by atoms with Crippen LogP contribution in [0.2, 0.25) is 5.02 Å². The molecule has 2 aromatic rings. The lowest BCUT2D eigenvalue weighted by molar-refractivity contribution is -0.116. The molecule has 1 aromatic carbocycles. The molecule has 0 saturated heterocycles. The molecule has 18 heavy (non-hydrogen) atoms. The van der Waals surface area contributed by atoms with Crippen molar-refractivity contribution in [3.63, 3.8) is 0 Å². The zero-order valence-electron chi connectivity index (χ0n) is 9.97. The summed E-state index contributed by atoms with van der Waals surface area (Å²) in [5, 5.41) is 3.38. The largest absolute Gasteiger partial charge is 0.354 e. The van der Waals surface area contributed by atoms with E-state index in [-0.39, 0.29) is 5.91 Å². The first-order valence-electron chi connectivity index (χ1n) is 5.91. The second kappa shape index (κ2) is 6.26. The number of aromatic nitrogens is 1. The van der Waals surface area contributed by atoms with E-state index in [1.807, 2.05) is 36.7 Å². The fourth-order valence-corrected chi connectivity index (χ4v) is 1.90. The summed E-state index contributed by atoms with van der Waals surface area (Å²) in [7, 11) is 0. The molecule has 1 aromatic heterocycles. The van der Waals surface area contributed by atoms with Gasteiger partial charge in [-0.1, -0.05) is 23.7 Å². The maximum Gasteiger partial charge on any atom is 0.224 e. The van der Waals surface area contributed by atoms with Crippen LogP contribution in [0.4, 0.5) is 5.69 Å². The number of para-hydroxylation sites is 1. The Balaban J connectivity index is 1.77. The Morgan fingerprint density at radius 3 is 2.61 bits per heavy atom. The summed E-state index contributed by atoms with van der Waals surface area (Å²) in [6.45, 7) is 0.850. The fourth-order valence-electron chi connectivity index (χ4n) is 1.72. The third kappa shape index (κ3) is 3.64. The third-order valence-corrected chi connectivity index (χ3v) is 2.96. The zero-order valence-corrected chi connectivity index (χ0v) is 10.7. The highest BCUT2D eigenvalue weighted by Crippen LogP contribution is 2.20. The van der Waals surface area contributed by atoms with E-state index in [2.05, 4.69) is 9.88 Å². The highest BCUT2D eigenvalue weighted by Gasteiger charge is 2.04. The summed E-state index contributed by atoms with van der Waals surface area (Å²) in [6, 6.07) is 11.2. The molecule has 0 aliphatic rings. The molecule has 3 nitrogen and oxygen atoms in total. The summed E-state index contributed by atoms with van der Waals surface area (Å²) in [5.74, 6) is -0.00439. The summed E-state index contributed by atoms with van der Waals surface area (Å²) in [5.41, 5.74) is 0.671. The number of amides is 1. The molecule has 4 heteroatoms. The minimum absolute atomic E-state index is 0.00439. The number of benzene rings is 1. The fraction of sp³-hybridized carbons (Fsp3) is 0.214. The van der Waals surface area contributed by atoms with Crippen molar-refractivity contribution >= 4 is 23.2 Å². The van der Waals surface area contributed by atoms with Gasteiger partial charge >= 0.3 is 0 Å². The van der Waals surface area contributed by atoms with Crippen molar-refractivity contribution in [1.29, 1.82) is 0 Å². The van der Waals surface area contributed by atoms with Gasteiger partial charge in [0, 0.05) is 25.4 Å². The molecule has 0 radical (unpaired) electrons. The highest BCUT2D eigenvalue weighted by molar-refractivity contribution is 6.33. The molecule has 1 heterocycles. The molecule has 94 valence electrons. The number of halogens is 1. The van der Waals surface area contributed by atoms with Gasteiger partial charge in [0.05, 0.1) is 10.7 Å². The Hall–Kier alpha value is -1.74. The van der Waals surface area contributed by atoms with Crippen LogP contribution < -0.4 is 5.32 Å². The van der Waals surface area contributed by atoms with Crippen molar-refractivity contribution in [2.45, 2.75) is 19.4 Å². The molecule has 0 unspecified atom stereocenters. The van der Waals surface area contributed by atoms with Crippen molar-refractivity contribution in [2.75, 3.05) is 5.32 Å². The third-order valence-electron chi connectivity index (χ3n) is 2.63. The van der Waals surface area contributed by atoms with Gasteiger partial charge in [0.25, 0.3) is 0 Å². The van der Waals surface area contributed by atoms with Gasteiger partial charge in [-0.2, -0.15) is 0 Å². The molecule has 0 aliphatic carbocycles. The molecule has 0 fully saturated rings. The number of carbonyl (C=O) groups is 1. The average Bonchev–Trinajstić information content (AvgIpc) is 2.85. The van der Waals surface area contributed by atoms with Crippen LogP contribution in [0.15, 0.2) is 48.8 Å². The number of rotatable bonds is 5. The summed E-state index contributed by atoms with van der Waals surface area (Å²) in [6.07, 6.45) is 5.28. The molecule has 1 N–H and O–H groups in total. The van der Waals surface area contributed by atoms with Gasteiger partial charge in [0.15, 0.2) is 0 Å². The Bertz CT molecular complexity index is 508. The lowest BCUT2D eigenvalue weighted by Gasteiger charge is -2.07. The first kappa shape index (κ1) is 12.7. The number of anilines is 1. The summed E-state index contributed by atoms with van der Waals surface area (Å²) < 4.78 is 2.06. The Morgan fingerprint density at radius 1 is 1.17 bits per heavy atom. The lowest BCUT2D eigenvalue weighted by Crippen LogP contribution is -2.12. The standard InChI is InChI=1S/C14H15ClN2O/c15-12-6-1-2-7-13(12)16-14(18)8-5-11-17-9-3-4-10-17/h1-4,6-7,9-10H,5,8,11H2,(H,16,18). The van der Waals surface area contributed by atoms with E-state index in [1.54, 1.807) is 12.1 Å². The van der Waals surface area contributed by atoms with Gasteiger partial charge < -0.3 is 9.88 Å². The number of hydrogen-bond donors (Lipinski definition) is 1. The molecule has 0 spiro atoms. The highest BCUT2D eigenvalue weighted by atomic mass is 35.5. The van der Waals surface area contributed by atoms with E-state index in [9.17, 15) is 4.79 Å². The first-order chi connectivity index (χ1) is 8.75. The first-order valence-corrected chi connectivity index (χ1v) is 6.28. The smallest absolute Gasteiger partial charge is 0.224 e. The van der Waals surface area contributed by atoms with Gasteiger partial charge in [-0.05, 0) is 30.7 Å². The van der Waals surface area contributed by atoms with E-state index in [0.717, 1.165) is 13.0 Å². The molecule has 0 aliphatic heterocycles. The Kier molecular flexibility index (Phi) is 4.42. The summed E-state index contributed by atoms with van der Waals surface area (Å²) in [4.78, 5) is 11.7. The molecular weight excluding hydrogens is 248 g/mol. The van der Waals surface area contributed by atoms with Crippen LogP contribution >= 0.6 is 11.6 Å². The Labute approximate surface area is 111 Å². The van der Waals surface area contributed by atoms with Crippen LogP contribution in [0.25, 0.3) is 0 Å². The molecule has 2 rings (SSSR count). The second-order valence-corrected chi connectivity index (χ2v) is 4.46. The number of nitrogens with one attached hydrogen (secondary N) is 1. The van der Waals surface area contributed by atoms with Gasteiger partial charge in [0.2, 0.25) is 5.91 Å². The van der Waals surface area contributed by atoms with Crippen molar-refractivity contribution in [3.05, 3.63) is 53.8 Å². The minimum atomic E-state index is -0.00439.